The fourth-order valence-corrected chi connectivity index (χ4v) is 3.37. The molecule has 7 heteroatoms. The predicted octanol–water partition coefficient (Wildman–Crippen LogP) is 4.51. The zero-order valence-electron chi connectivity index (χ0n) is 13.0. The Hall–Kier alpha value is -2.12. The van der Waals surface area contributed by atoms with Crippen molar-refractivity contribution in [2.45, 2.75) is 6.92 Å². The lowest BCUT2D eigenvalue weighted by Gasteiger charge is -2.11. The van der Waals surface area contributed by atoms with E-state index in [0.29, 0.717) is 27.5 Å². The van der Waals surface area contributed by atoms with Gasteiger partial charge in [-0.1, -0.05) is 6.08 Å². The minimum absolute atomic E-state index is 0.137. The largest absolute Gasteiger partial charge is 0.492 e. The van der Waals surface area contributed by atoms with Crippen LogP contribution in [0, 0.1) is 0 Å². The van der Waals surface area contributed by atoms with Crippen molar-refractivity contribution in [3.8, 4) is 11.5 Å². The lowest BCUT2D eigenvalue weighted by Crippen LogP contribution is -1.97. The lowest BCUT2D eigenvalue weighted by molar-refractivity contribution is 0.0702. The summed E-state index contributed by atoms with van der Waals surface area (Å²) < 4.78 is 11.5. The first kappa shape index (κ1) is 18.2. The molecule has 0 spiro atoms. The van der Waals surface area contributed by atoms with Crippen LogP contribution in [0.2, 0.25) is 0 Å². The molecule has 0 atom stereocenters. The average Bonchev–Trinajstić information content (AvgIpc) is 3.03. The van der Waals surface area contributed by atoms with Gasteiger partial charge in [0.25, 0.3) is 0 Å². The van der Waals surface area contributed by atoms with E-state index in [2.05, 4.69) is 15.9 Å². The molecule has 2 aromatic rings. The van der Waals surface area contributed by atoms with Gasteiger partial charge in [-0.25, -0.2) is 4.79 Å². The molecule has 0 aliphatic rings. The number of carboxylic acids is 1. The number of allylic oxidation sites excluding steroid dienone is 1. The summed E-state index contributed by atoms with van der Waals surface area (Å²) >= 11 is 4.36. The van der Waals surface area contributed by atoms with E-state index in [1.807, 2.05) is 13.0 Å². The van der Waals surface area contributed by atoms with Gasteiger partial charge in [0.2, 0.25) is 0 Å². The van der Waals surface area contributed by atoms with E-state index in [0.717, 1.165) is 16.9 Å². The molecule has 1 aromatic heterocycles. The summed E-state index contributed by atoms with van der Waals surface area (Å²) in [5.41, 5.74) is 0.759. The van der Waals surface area contributed by atoms with E-state index in [9.17, 15) is 9.59 Å². The number of carbonyl (C=O) groups excluding carboxylic acids is 1. The number of ether oxygens (including phenoxy) is 2. The quantitative estimate of drug-likeness (QED) is 0.536. The molecule has 1 aromatic carbocycles. The molecule has 0 fully saturated rings. The molecule has 1 N–H and O–H groups in total. The summed E-state index contributed by atoms with van der Waals surface area (Å²) in [7, 11) is 1.55. The highest BCUT2D eigenvalue weighted by Gasteiger charge is 2.12. The minimum Gasteiger partial charge on any atom is -0.492 e. The first-order valence-corrected chi connectivity index (χ1v) is 8.63. The molecule has 0 radical (unpaired) electrons. The second kappa shape index (κ2) is 8.12. The summed E-state index contributed by atoms with van der Waals surface area (Å²) in [6.07, 6.45) is 3.05. The highest BCUT2D eigenvalue weighted by molar-refractivity contribution is 9.10. The van der Waals surface area contributed by atoms with Crippen LogP contribution in [0.1, 0.15) is 31.8 Å². The maximum atomic E-state index is 12.1. The lowest BCUT2D eigenvalue weighted by atomic mass is 10.1. The highest BCUT2D eigenvalue weighted by atomic mass is 79.9. The number of halogens is 1. The van der Waals surface area contributed by atoms with Crippen LogP contribution in [0.25, 0.3) is 6.08 Å². The van der Waals surface area contributed by atoms with Gasteiger partial charge in [0.1, 0.15) is 4.88 Å². The third-order valence-electron chi connectivity index (χ3n) is 3.02. The first-order chi connectivity index (χ1) is 11.5. The number of benzene rings is 1. The van der Waals surface area contributed by atoms with Crippen molar-refractivity contribution in [3.05, 3.63) is 50.1 Å². The zero-order chi connectivity index (χ0) is 17.7. The number of aromatic carboxylic acids is 1. The third kappa shape index (κ3) is 4.24. The molecule has 2 rings (SSSR count). The molecule has 0 aliphatic carbocycles. The smallest absolute Gasteiger partial charge is 0.345 e. The second-order valence-corrected chi connectivity index (χ2v) is 6.57. The van der Waals surface area contributed by atoms with Crippen molar-refractivity contribution in [3.63, 3.8) is 0 Å². The Morgan fingerprint density at radius 2 is 2.00 bits per heavy atom. The van der Waals surface area contributed by atoms with E-state index in [1.165, 1.54) is 18.2 Å². The molecule has 0 unspecified atom stereocenters. The topological polar surface area (TPSA) is 72.8 Å². The predicted molar refractivity (Wildman–Crippen MR) is 96.5 cm³/mol. The number of ketones is 1. The standard InChI is InChI=1S/C17H15BrO5S/c1-3-23-13-9-10(8-11(18)16(13)22-2)4-5-12(19)14-6-7-15(24-14)17(20)21/h4-9H,3H2,1-2H3,(H,20,21)/b5-4+. The minimum atomic E-state index is -1.04. The normalized spacial score (nSPS) is 10.8. The van der Waals surface area contributed by atoms with Crippen molar-refractivity contribution < 1.29 is 24.2 Å². The molecule has 1 heterocycles. The Labute approximate surface area is 151 Å². The van der Waals surface area contributed by atoms with Crippen molar-refractivity contribution in [1.29, 1.82) is 0 Å². The molecular weight excluding hydrogens is 396 g/mol. The van der Waals surface area contributed by atoms with Crippen LogP contribution in [0.15, 0.2) is 34.8 Å². The van der Waals surface area contributed by atoms with E-state index >= 15 is 0 Å². The van der Waals surface area contributed by atoms with Crippen LogP contribution in [0.5, 0.6) is 11.5 Å². The van der Waals surface area contributed by atoms with Crippen molar-refractivity contribution in [2.24, 2.45) is 0 Å². The van der Waals surface area contributed by atoms with Gasteiger partial charge in [-0.15, -0.1) is 11.3 Å². The SMILES string of the molecule is CCOc1cc(/C=C/C(=O)c2ccc(C(=O)O)s2)cc(Br)c1OC. The van der Waals surface area contributed by atoms with Gasteiger partial charge >= 0.3 is 5.97 Å². The monoisotopic (exact) mass is 410 g/mol. The van der Waals surface area contributed by atoms with Gasteiger partial charge in [0, 0.05) is 0 Å². The van der Waals surface area contributed by atoms with Crippen LogP contribution in [-0.4, -0.2) is 30.6 Å². The molecule has 0 saturated heterocycles. The van der Waals surface area contributed by atoms with Crippen LogP contribution >= 0.6 is 27.3 Å². The maximum absolute atomic E-state index is 12.1. The zero-order valence-corrected chi connectivity index (χ0v) is 15.4. The summed E-state index contributed by atoms with van der Waals surface area (Å²) in [6, 6.07) is 6.51. The Morgan fingerprint density at radius 1 is 1.29 bits per heavy atom. The highest BCUT2D eigenvalue weighted by Crippen LogP contribution is 2.37. The summed E-state index contributed by atoms with van der Waals surface area (Å²) in [5.74, 6) is -0.128. The Morgan fingerprint density at radius 3 is 2.58 bits per heavy atom. The molecule has 126 valence electrons. The number of methoxy groups -OCH3 is 1. The van der Waals surface area contributed by atoms with Crippen LogP contribution in [0.3, 0.4) is 0 Å². The number of hydrogen-bond acceptors (Lipinski definition) is 5. The molecule has 0 saturated carbocycles. The Balaban J connectivity index is 2.24. The average molecular weight is 411 g/mol. The van der Waals surface area contributed by atoms with Crippen LogP contribution in [-0.2, 0) is 0 Å². The van der Waals surface area contributed by atoms with Crippen LogP contribution < -0.4 is 9.47 Å². The number of hydrogen-bond donors (Lipinski definition) is 1. The van der Waals surface area contributed by atoms with Gasteiger partial charge in [0.15, 0.2) is 17.3 Å². The Kier molecular flexibility index (Phi) is 6.16. The maximum Gasteiger partial charge on any atom is 0.345 e. The van der Waals surface area contributed by atoms with Crippen molar-refractivity contribution >= 4 is 45.1 Å². The summed E-state index contributed by atoms with van der Waals surface area (Å²) in [5, 5.41) is 8.90. The van der Waals surface area contributed by atoms with E-state index in [1.54, 1.807) is 19.3 Å². The van der Waals surface area contributed by atoms with Gasteiger partial charge in [-0.05, 0) is 58.8 Å². The van der Waals surface area contributed by atoms with E-state index in [-0.39, 0.29) is 10.7 Å². The summed E-state index contributed by atoms with van der Waals surface area (Å²) in [4.78, 5) is 23.5. The van der Waals surface area contributed by atoms with Gasteiger partial charge in [-0.3, -0.25) is 4.79 Å². The molecule has 5 nitrogen and oxygen atoms in total. The van der Waals surface area contributed by atoms with Gasteiger partial charge < -0.3 is 14.6 Å². The molecular formula is C17H15BrO5S. The van der Waals surface area contributed by atoms with E-state index < -0.39 is 5.97 Å². The summed E-state index contributed by atoms with van der Waals surface area (Å²) in [6.45, 7) is 2.36. The van der Waals surface area contributed by atoms with Gasteiger partial charge in [0.05, 0.1) is 23.1 Å². The fourth-order valence-electron chi connectivity index (χ4n) is 1.98. The molecule has 0 aliphatic heterocycles. The Bertz CT molecular complexity index is 794. The second-order valence-electron chi connectivity index (χ2n) is 4.63. The molecule has 24 heavy (non-hydrogen) atoms. The number of rotatable bonds is 7. The van der Waals surface area contributed by atoms with Crippen molar-refractivity contribution in [2.75, 3.05) is 13.7 Å². The van der Waals surface area contributed by atoms with E-state index in [4.69, 9.17) is 14.6 Å². The molecule has 0 amide bonds. The number of thiophene rings is 1. The number of carboxylic acid groups (broad SMARTS) is 1. The molecule has 0 bridgehead atoms. The number of carbonyl (C=O) groups is 2. The van der Waals surface area contributed by atoms with Crippen molar-refractivity contribution in [1.82, 2.24) is 0 Å². The van der Waals surface area contributed by atoms with Gasteiger partial charge in [-0.2, -0.15) is 0 Å². The fraction of sp³-hybridized carbons (Fsp3) is 0.176. The third-order valence-corrected chi connectivity index (χ3v) is 4.70. The van der Waals surface area contributed by atoms with Crippen LogP contribution in [0.4, 0.5) is 0 Å². The first-order valence-electron chi connectivity index (χ1n) is 7.02.